The summed E-state index contributed by atoms with van der Waals surface area (Å²) in [5, 5.41) is 19.3. The summed E-state index contributed by atoms with van der Waals surface area (Å²) in [7, 11) is 0. The molecule has 2 aromatic carbocycles. The molecular formula is C19H18O4. The fourth-order valence-corrected chi connectivity index (χ4v) is 4.14. The van der Waals surface area contributed by atoms with Gasteiger partial charge in [-0.2, -0.15) is 0 Å². The first-order valence-corrected chi connectivity index (χ1v) is 7.97. The molecular weight excluding hydrogens is 292 g/mol. The Hall–Kier alpha value is -2.49. The Morgan fingerprint density at radius 3 is 2.65 bits per heavy atom. The number of aliphatic carboxylic acids is 1. The quantitative estimate of drug-likeness (QED) is 0.875. The first-order chi connectivity index (χ1) is 11.1. The molecule has 0 aromatic heterocycles. The number of benzene rings is 2. The Morgan fingerprint density at radius 1 is 1.04 bits per heavy atom. The van der Waals surface area contributed by atoms with Crippen LogP contribution in [-0.4, -0.2) is 16.2 Å². The highest BCUT2D eigenvalue weighted by Gasteiger charge is 2.42. The number of ether oxygens (including phenoxy) is 1. The topological polar surface area (TPSA) is 66.8 Å². The Kier molecular flexibility index (Phi) is 3.26. The highest BCUT2D eigenvalue weighted by Crippen LogP contribution is 2.53. The van der Waals surface area contributed by atoms with Crippen molar-refractivity contribution in [1.29, 1.82) is 0 Å². The number of aromatic hydroxyl groups is 1. The Labute approximate surface area is 134 Å². The predicted molar refractivity (Wildman–Crippen MR) is 84.9 cm³/mol. The zero-order chi connectivity index (χ0) is 16.0. The van der Waals surface area contributed by atoms with E-state index in [1.54, 1.807) is 12.1 Å². The van der Waals surface area contributed by atoms with Gasteiger partial charge < -0.3 is 14.9 Å². The van der Waals surface area contributed by atoms with Gasteiger partial charge in [0.05, 0.1) is 5.92 Å². The Bertz CT molecular complexity index is 768. The number of para-hydroxylation sites is 1. The lowest BCUT2D eigenvalue weighted by Crippen LogP contribution is -2.26. The van der Waals surface area contributed by atoms with Crippen LogP contribution in [0.5, 0.6) is 17.2 Å². The number of phenols is 1. The normalized spacial score (nSPS) is 25.3. The Balaban J connectivity index is 1.87. The highest BCUT2D eigenvalue weighted by atomic mass is 16.5. The number of hydrogen-bond acceptors (Lipinski definition) is 3. The number of hydrogen-bond donors (Lipinski definition) is 2. The lowest BCUT2D eigenvalue weighted by atomic mass is 9.74. The van der Waals surface area contributed by atoms with Gasteiger partial charge in [-0.25, -0.2) is 0 Å². The fourth-order valence-electron chi connectivity index (χ4n) is 4.14. The highest BCUT2D eigenvalue weighted by molar-refractivity contribution is 5.71. The largest absolute Gasteiger partial charge is 0.508 e. The molecule has 1 aliphatic heterocycles. The number of carboxylic acid groups (broad SMARTS) is 1. The summed E-state index contributed by atoms with van der Waals surface area (Å²) >= 11 is 0. The molecule has 4 rings (SSSR count). The van der Waals surface area contributed by atoms with E-state index < -0.39 is 5.97 Å². The van der Waals surface area contributed by atoms with E-state index >= 15 is 0 Å². The molecule has 3 unspecified atom stereocenters. The molecule has 1 saturated carbocycles. The maximum Gasteiger partial charge on any atom is 0.306 e. The lowest BCUT2D eigenvalue weighted by molar-refractivity contribution is -0.143. The van der Waals surface area contributed by atoms with E-state index in [4.69, 9.17) is 4.74 Å². The molecule has 0 radical (unpaired) electrons. The number of carbonyl (C=O) groups is 1. The SMILES string of the molecule is O=C(O)C1CCCC1C1c2ccccc2Oc2cc(O)ccc21. The average Bonchev–Trinajstić information content (AvgIpc) is 3.01. The van der Waals surface area contributed by atoms with Crippen LogP contribution in [0.2, 0.25) is 0 Å². The van der Waals surface area contributed by atoms with Crippen LogP contribution in [0.3, 0.4) is 0 Å². The van der Waals surface area contributed by atoms with Crippen molar-refractivity contribution in [3.05, 3.63) is 53.6 Å². The van der Waals surface area contributed by atoms with Gasteiger partial charge in [0.1, 0.15) is 17.2 Å². The van der Waals surface area contributed by atoms with Gasteiger partial charge in [-0.1, -0.05) is 30.7 Å². The summed E-state index contributed by atoms with van der Waals surface area (Å²) in [6.45, 7) is 0. The summed E-state index contributed by atoms with van der Waals surface area (Å²) in [4.78, 5) is 11.7. The molecule has 1 heterocycles. The zero-order valence-electron chi connectivity index (χ0n) is 12.6. The van der Waals surface area contributed by atoms with E-state index in [1.807, 2.05) is 30.3 Å². The van der Waals surface area contributed by atoms with Gasteiger partial charge in [0.25, 0.3) is 0 Å². The van der Waals surface area contributed by atoms with Crippen molar-refractivity contribution in [1.82, 2.24) is 0 Å². The second-order valence-electron chi connectivity index (χ2n) is 6.38. The first-order valence-electron chi connectivity index (χ1n) is 7.97. The van der Waals surface area contributed by atoms with Crippen LogP contribution in [0.15, 0.2) is 42.5 Å². The molecule has 2 N–H and O–H groups in total. The number of rotatable bonds is 2. The van der Waals surface area contributed by atoms with Gasteiger partial charge in [0, 0.05) is 23.1 Å². The molecule has 0 bridgehead atoms. The molecule has 0 spiro atoms. The molecule has 1 fully saturated rings. The van der Waals surface area contributed by atoms with Crippen LogP contribution >= 0.6 is 0 Å². The molecule has 2 aromatic rings. The van der Waals surface area contributed by atoms with Crippen LogP contribution in [0.1, 0.15) is 36.3 Å². The minimum Gasteiger partial charge on any atom is -0.508 e. The van der Waals surface area contributed by atoms with Gasteiger partial charge in [-0.15, -0.1) is 0 Å². The van der Waals surface area contributed by atoms with E-state index in [-0.39, 0.29) is 23.5 Å². The monoisotopic (exact) mass is 310 g/mol. The minimum absolute atomic E-state index is 0.000787. The molecule has 0 amide bonds. The molecule has 23 heavy (non-hydrogen) atoms. The van der Waals surface area contributed by atoms with E-state index in [1.165, 1.54) is 0 Å². The van der Waals surface area contributed by atoms with Crippen molar-refractivity contribution in [3.8, 4) is 17.2 Å². The van der Waals surface area contributed by atoms with Crippen LogP contribution in [0, 0.1) is 11.8 Å². The molecule has 2 aliphatic rings. The van der Waals surface area contributed by atoms with Gasteiger partial charge in [-0.05, 0) is 30.9 Å². The van der Waals surface area contributed by atoms with Crippen molar-refractivity contribution in [2.45, 2.75) is 25.2 Å². The van der Waals surface area contributed by atoms with Crippen molar-refractivity contribution in [3.63, 3.8) is 0 Å². The van der Waals surface area contributed by atoms with E-state index in [0.29, 0.717) is 5.75 Å². The third-order valence-corrected chi connectivity index (χ3v) is 5.12. The second-order valence-corrected chi connectivity index (χ2v) is 6.38. The lowest BCUT2D eigenvalue weighted by Gasteiger charge is -2.34. The van der Waals surface area contributed by atoms with E-state index in [9.17, 15) is 15.0 Å². The molecule has 3 atom stereocenters. The molecule has 4 nitrogen and oxygen atoms in total. The minimum atomic E-state index is -0.711. The summed E-state index contributed by atoms with van der Waals surface area (Å²) in [5.74, 6) is 0.559. The fraction of sp³-hybridized carbons (Fsp3) is 0.316. The van der Waals surface area contributed by atoms with Crippen LogP contribution in [-0.2, 0) is 4.79 Å². The second kappa shape index (κ2) is 5.30. The number of fused-ring (bicyclic) bond motifs is 2. The van der Waals surface area contributed by atoms with Crippen LogP contribution < -0.4 is 4.74 Å². The molecule has 4 heteroatoms. The van der Waals surface area contributed by atoms with Gasteiger partial charge in [0.2, 0.25) is 0 Å². The Morgan fingerprint density at radius 2 is 1.83 bits per heavy atom. The van der Waals surface area contributed by atoms with Gasteiger partial charge in [0.15, 0.2) is 0 Å². The number of phenolic OH excluding ortho intramolecular Hbond substituents is 1. The number of carboxylic acids is 1. The van der Waals surface area contributed by atoms with Crippen molar-refractivity contribution >= 4 is 5.97 Å². The smallest absolute Gasteiger partial charge is 0.306 e. The third kappa shape index (κ3) is 2.25. The van der Waals surface area contributed by atoms with Crippen molar-refractivity contribution in [2.75, 3.05) is 0 Å². The van der Waals surface area contributed by atoms with Gasteiger partial charge in [-0.3, -0.25) is 4.79 Å². The van der Waals surface area contributed by atoms with Crippen LogP contribution in [0.25, 0.3) is 0 Å². The zero-order valence-corrected chi connectivity index (χ0v) is 12.6. The summed E-state index contributed by atoms with van der Waals surface area (Å²) < 4.78 is 5.94. The maximum absolute atomic E-state index is 11.7. The first kappa shape index (κ1) is 14.1. The van der Waals surface area contributed by atoms with Crippen molar-refractivity contribution in [2.24, 2.45) is 11.8 Å². The molecule has 0 saturated heterocycles. The summed E-state index contributed by atoms with van der Waals surface area (Å²) in [5.41, 5.74) is 2.02. The summed E-state index contributed by atoms with van der Waals surface area (Å²) in [6.07, 6.45) is 2.57. The third-order valence-electron chi connectivity index (χ3n) is 5.12. The van der Waals surface area contributed by atoms with E-state index in [2.05, 4.69) is 0 Å². The molecule has 118 valence electrons. The predicted octanol–water partition coefficient (Wildman–Crippen LogP) is 4.13. The summed E-state index contributed by atoms with van der Waals surface area (Å²) in [6, 6.07) is 12.9. The van der Waals surface area contributed by atoms with Gasteiger partial charge >= 0.3 is 5.97 Å². The van der Waals surface area contributed by atoms with E-state index in [0.717, 1.165) is 36.1 Å². The standard InChI is InChI=1S/C19H18O4/c20-11-8-9-15-17(10-11)23-16-7-2-1-4-14(16)18(15)12-5-3-6-13(12)19(21)22/h1-2,4,7-10,12-13,18,20H,3,5-6H2,(H,21,22). The average molecular weight is 310 g/mol. The van der Waals surface area contributed by atoms with Crippen molar-refractivity contribution < 1.29 is 19.7 Å². The maximum atomic E-state index is 11.7. The van der Waals surface area contributed by atoms with Crippen LogP contribution in [0.4, 0.5) is 0 Å². The molecule has 1 aliphatic carbocycles.